The van der Waals surface area contributed by atoms with E-state index in [2.05, 4.69) is 27.7 Å². The highest BCUT2D eigenvalue weighted by molar-refractivity contribution is 4.86. The second-order valence-electron chi connectivity index (χ2n) is 6.48. The van der Waals surface area contributed by atoms with Crippen LogP contribution in [0, 0.1) is 17.3 Å². The monoisotopic (exact) mass is 226 g/mol. The smallest absolute Gasteiger partial charge is 0.0540 e. The number of aliphatic hydroxyl groups excluding tert-OH is 1. The van der Waals surface area contributed by atoms with Gasteiger partial charge < -0.3 is 5.11 Å². The third-order valence-electron chi connectivity index (χ3n) is 4.60. The summed E-state index contributed by atoms with van der Waals surface area (Å²) in [6, 6.07) is 0. The predicted octanol–water partition coefficient (Wildman–Crippen LogP) is 4.39. The molecule has 0 unspecified atom stereocenters. The Labute approximate surface area is 102 Å². The maximum absolute atomic E-state index is 9.84. The van der Waals surface area contributed by atoms with Gasteiger partial charge in [0.1, 0.15) is 0 Å². The summed E-state index contributed by atoms with van der Waals surface area (Å²) in [5, 5.41) is 9.84. The fourth-order valence-electron chi connectivity index (χ4n) is 3.56. The first-order chi connectivity index (χ1) is 7.47. The highest BCUT2D eigenvalue weighted by atomic mass is 16.3. The fraction of sp³-hybridized carbons (Fsp3) is 1.00. The highest BCUT2D eigenvalue weighted by Gasteiger charge is 2.36. The molecule has 1 nitrogen and oxygen atoms in total. The van der Waals surface area contributed by atoms with Crippen molar-refractivity contribution in [3.8, 4) is 0 Å². The Bertz CT molecular complexity index is 198. The van der Waals surface area contributed by atoms with E-state index in [4.69, 9.17) is 0 Å². The zero-order chi connectivity index (χ0) is 12.2. The van der Waals surface area contributed by atoms with Gasteiger partial charge in [0.2, 0.25) is 0 Å². The van der Waals surface area contributed by atoms with Crippen LogP contribution in [0.2, 0.25) is 0 Å². The lowest BCUT2D eigenvalue weighted by atomic mass is 9.62. The zero-order valence-corrected chi connectivity index (χ0v) is 11.6. The van der Waals surface area contributed by atoms with Crippen LogP contribution in [0.4, 0.5) is 0 Å². The summed E-state index contributed by atoms with van der Waals surface area (Å²) in [5.74, 6) is 1.66. The highest BCUT2D eigenvalue weighted by Crippen LogP contribution is 2.46. The molecule has 1 rings (SSSR count). The van der Waals surface area contributed by atoms with Crippen LogP contribution in [0.25, 0.3) is 0 Å². The summed E-state index contributed by atoms with van der Waals surface area (Å²) in [7, 11) is 0. The SMILES string of the molecule is CCC[C@@H](O)CC[C@@H]1[C@@H](C)CCCC1(C)C. The second-order valence-corrected chi connectivity index (χ2v) is 6.48. The summed E-state index contributed by atoms with van der Waals surface area (Å²) in [6.45, 7) is 9.38. The lowest BCUT2D eigenvalue weighted by Crippen LogP contribution is -2.34. The maximum atomic E-state index is 9.84. The van der Waals surface area contributed by atoms with E-state index in [0.29, 0.717) is 5.41 Å². The molecular formula is C15H30O. The minimum Gasteiger partial charge on any atom is -0.393 e. The van der Waals surface area contributed by atoms with Gasteiger partial charge in [-0.15, -0.1) is 0 Å². The quantitative estimate of drug-likeness (QED) is 0.737. The van der Waals surface area contributed by atoms with Gasteiger partial charge in [0, 0.05) is 0 Å². The van der Waals surface area contributed by atoms with Crippen LogP contribution < -0.4 is 0 Å². The molecular weight excluding hydrogens is 196 g/mol. The van der Waals surface area contributed by atoms with Crippen LogP contribution in [0.1, 0.15) is 72.6 Å². The topological polar surface area (TPSA) is 20.2 Å². The molecule has 0 saturated heterocycles. The third kappa shape index (κ3) is 3.76. The molecule has 0 spiro atoms. The molecule has 0 aromatic rings. The summed E-state index contributed by atoms with van der Waals surface area (Å²) >= 11 is 0. The Morgan fingerprint density at radius 3 is 2.56 bits per heavy atom. The van der Waals surface area contributed by atoms with Gasteiger partial charge in [-0.1, -0.05) is 47.0 Å². The number of hydrogen-bond donors (Lipinski definition) is 1. The van der Waals surface area contributed by atoms with Gasteiger partial charge >= 0.3 is 0 Å². The van der Waals surface area contributed by atoms with Crippen LogP contribution in [0.15, 0.2) is 0 Å². The van der Waals surface area contributed by atoms with E-state index in [1.807, 2.05) is 0 Å². The summed E-state index contributed by atoms with van der Waals surface area (Å²) in [6.07, 6.45) is 8.38. The molecule has 96 valence electrons. The minimum absolute atomic E-state index is 0.0603. The second kappa shape index (κ2) is 6.05. The van der Waals surface area contributed by atoms with Gasteiger partial charge in [-0.3, -0.25) is 0 Å². The van der Waals surface area contributed by atoms with Crippen LogP contribution in [-0.4, -0.2) is 11.2 Å². The molecule has 1 fully saturated rings. The third-order valence-corrected chi connectivity index (χ3v) is 4.60. The predicted molar refractivity (Wildman–Crippen MR) is 70.4 cm³/mol. The Balaban J connectivity index is 2.43. The largest absolute Gasteiger partial charge is 0.393 e. The van der Waals surface area contributed by atoms with Crippen molar-refractivity contribution in [2.45, 2.75) is 78.7 Å². The molecule has 0 aromatic heterocycles. The lowest BCUT2D eigenvalue weighted by molar-refractivity contribution is 0.0560. The molecule has 0 aromatic carbocycles. The van der Waals surface area contributed by atoms with Crippen LogP contribution >= 0.6 is 0 Å². The molecule has 0 bridgehead atoms. The Morgan fingerprint density at radius 1 is 1.31 bits per heavy atom. The first kappa shape index (κ1) is 14.0. The van der Waals surface area contributed by atoms with Crippen LogP contribution in [0.3, 0.4) is 0 Å². The first-order valence-electron chi connectivity index (χ1n) is 7.15. The molecule has 0 heterocycles. The molecule has 1 aliphatic rings. The number of aliphatic hydroxyl groups is 1. The lowest BCUT2D eigenvalue weighted by Gasteiger charge is -2.43. The van der Waals surface area contributed by atoms with E-state index in [0.717, 1.165) is 31.1 Å². The van der Waals surface area contributed by atoms with Gasteiger partial charge in [-0.05, 0) is 42.9 Å². The minimum atomic E-state index is -0.0603. The Kier molecular flexibility index (Phi) is 5.30. The summed E-state index contributed by atoms with van der Waals surface area (Å²) < 4.78 is 0. The molecule has 0 aliphatic heterocycles. The first-order valence-corrected chi connectivity index (χ1v) is 7.15. The van der Waals surface area contributed by atoms with E-state index >= 15 is 0 Å². The summed E-state index contributed by atoms with van der Waals surface area (Å²) in [4.78, 5) is 0. The molecule has 1 saturated carbocycles. The normalized spacial score (nSPS) is 31.3. The molecule has 1 N–H and O–H groups in total. The van der Waals surface area contributed by atoms with Crippen molar-refractivity contribution in [1.29, 1.82) is 0 Å². The van der Waals surface area contributed by atoms with E-state index in [-0.39, 0.29) is 6.10 Å². The molecule has 0 radical (unpaired) electrons. The van der Waals surface area contributed by atoms with Gasteiger partial charge in [-0.25, -0.2) is 0 Å². The molecule has 1 heteroatoms. The molecule has 3 atom stereocenters. The van der Waals surface area contributed by atoms with Crippen molar-refractivity contribution in [1.82, 2.24) is 0 Å². The van der Waals surface area contributed by atoms with Crippen LogP contribution in [-0.2, 0) is 0 Å². The number of hydrogen-bond acceptors (Lipinski definition) is 1. The van der Waals surface area contributed by atoms with Gasteiger partial charge in [0.15, 0.2) is 0 Å². The van der Waals surface area contributed by atoms with E-state index < -0.39 is 0 Å². The average molecular weight is 226 g/mol. The van der Waals surface area contributed by atoms with E-state index in [1.165, 1.54) is 25.7 Å². The zero-order valence-electron chi connectivity index (χ0n) is 11.6. The Hall–Kier alpha value is -0.0400. The standard InChI is InChI=1S/C15H30O/c1-5-7-13(16)9-10-14-12(2)8-6-11-15(14,3)4/h12-14,16H,5-11H2,1-4H3/t12-,13+,14+/m0/s1. The van der Waals surface area contributed by atoms with Crippen molar-refractivity contribution in [2.24, 2.45) is 17.3 Å². The fourth-order valence-corrected chi connectivity index (χ4v) is 3.56. The van der Waals surface area contributed by atoms with Gasteiger partial charge in [0.25, 0.3) is 0 Å². The van der Waals surface area contributed by atoms with Crippen molar-refractivity contribution in [2.75, 3.05) is 0 Å². The molecule has 1 aliphatic carbocycles. The van der Waals surface area contributed by atoms with Crippen LogP contribution in [0.5, 0.6) is 0 Å². The van der Waals surface area contributed by atoms with Crippen molar-refractivity contribution < 1.29 is 5.11 Å². The maximum Gasteiger partial charge on any atom is 0.0540 e. The number of rotatable bonds is 5. The Morgan fingerprint density at radius 2 is 2.00 bits per heavy atom. The molecule has 16 heavy (non-hydrogen) atoms. The summed E-state index contributed by atoms with van der Waals surface area (Å²) in [5.41, 5.74) is 0.490. The van der Waals surface area contributed by atoms with Crippen molar-refractivity contribution in [3.63, 3.8) is 0 Å². The van der Waals surface area contributed by atoms with Gasteiger partial charge in [0.05, 0.1) is 6.10 Å². The molecule has 0 amide bonds. The van der Waals surface area contributed by atoms with Crippen molar-refractivity contribution >= 4 is 0 Å². The van der Waals surface area contributed by atoms with Crippen molar-refractivity contribution in [3.05, 3.63) is 0 Å². The van der Waals surface area contributed by atoms with Gasteiger partial charge in [-0.2, -0.15) is 0 Å². The average Bonchev–Trinajstić information content (AvgIpc) is 2.16. The van der Waals surface area contributed by atoms with E-state index in [1.54, 1.807) is 0 Å². The van der Waals surface area contributed by atoms with E-state index in [9.17, 15) is 5.11 Å².